The number of H-pyrrole nitrogens is 1. The summed E-state index contributed by atoms with van der Waals surface area (Å²) in [6.45, 7) is 6.73. The van der Waals surface area contributed by atoms with E-state index < -0.39 is 11.6 Å². The van der Waals surface area contributed by atoms with Crippen molar-refractivity contribution in [1.82, 2.24) is 14.9 Å². The second-order valence-corrected chi connectivity index (χ2v) is 7.69. The van der Waals surface area contributed by atoms with Crippen LogP contribution in [0.4, 0.5) is 10.5 Å². The third-order valence-electron chi connectivity index (χ3n) is 4.41. The molecule has 0 bridgehead atoms. The lowest BCUT2D eigenvalue weighted by Gasteiger charge is -2.35. The van der Waals surface area contributed by atoms with Crippen LogP contribution in [0.3, 0.4) is 0 Å². The number of hydrogen-bond acceptors (Lipinski definition) is 6. The number of fused-ring (bicyclic) bond motifs is 1. The fraction of sp³-hybridized carbons (Fsp3) is 0.526. The SMILES string of the molecule is COC(=O)c1cnc2[nH]ccc2c1N[C@H]1CCCN(C(=O)OC(C)(C)C)C1. The topological polar surface area (TPSA) is 96.5 Å². The number of carbonyl (C=O) groups excluding carboxylic acids is 2. The lowest BCUT2D eigenvalue weighted by Crippen LogP contribution is -2.47. The van der Waals surface area contributed by atoms with E-state index in [-0.39, 0.29) is 12.1 Å². The fourth-order valence-electron chi connectivity index (χ4n) is 3.22. The van der Waals surface area contributed by atoms with Crippen LogP contribution in [0.5, 0.6) is 0 Å². The molecule has 1 saturated heterocycles. The number of pyridine rings is 1. The molecule has 0 spiro atoms. The number of esters is 1. The number of likely N-dealkylation sites (tertiary alicyclic amines) is 1. The summed E-state index contributed by atoms with van der Waals surface area (Å²) in [5, 5.41) is 4.24. The van der Waals surface area contributed by atoms with E-state index in [2.05, 4.69) is 15.3 Å². The Bertz CT molecular complexity index is 840. The van der Waals surface area contributed by atoms with Crippen molar-refractivity contribution >= 4 is 28.8 Å². The van der Waals surface area contributed by atoms with Crippen LogP contribution in [0, 0.1) is 0 Å². The van der Waals surface area contributed by atoms with Gasteiger partial charge in [0.2, 0.25) is 0 Å². The normalized spacial score (nSPS) is 17.6. The van der Waals surface area contributed by atoms with E-state index in [9.17, 15) is 9.59 Å². The van der Waals surface area contributed by atoms with Crippen LogP contribution in [0.2, 0.25) is 0 Å². The van der Waals surface area contributed by atoms with Crippen molar-refractivity contribution in [2.24, 2.45) is 0 Å². The van der Waals surface area contributed by atoms with Crippen LogP contribution in [-0.4, -0.2) is 58.8 Å². The summed E-state index contributed by atoms with van der Waals surface area (Å²) in [6, 6.07) is 1.86. The first-order valence-corrected chi connectivity index (χ1v) is 9.07. The van der Waals surface area contributed by atoms with E-state index in [0.717, 1.165) is 18.2 Å². The Morgan fingerprint density at radius 1 is 1.37 bits per heavy atom. The molecule has 2 aromatic heterocycles. The summed E-state index contributed by atoms with van der Waals surface area (Å²) in [5.74, 6) is -0.451. The quantitative estimate of drug-likeness (QED) is 0.801. The van der Waals surface area contributed by atoms with Gasteiger partial charge in [0.15, 0.2) is 0 Å². The molecule has 2 N–H and O–H groups in total. The smallest absolute Gasteiger partial charge is 0.410 e. The second kappa shape index (κ2) is 7.46. The number of carbonyl (C=O) groups is 2. The summed E-state index contributed by atoms with van der Waals surface area (Å²) in [6.07, 6.45) is 4.70. The molecular formula is C19H26N4O4. The first-order valence-electron chi connectivity index (χ1n) is 9.07. The van der Waals surface area contributed by atoms with Crippen LogP contribution >= 0.6 is 0 Å². The maximum atomic E-state index is 12.4. The summed E-state index contributed by atoms with van der Waals surface area (Å²) < 4.78 is 10.4. The lowest BCUT2D eigenvalue weighted by molar-refractivity contribution is 0.0206. The predicted octanol–water partition coefficient (Wildman–Crippen LogP) is 3.16. The van der Waals surface area contributed by atoms with E-state index in [1.54, 1.807) is 11.1 Å². The van der Waals surface area contributed by atoms with Gasteiger partial charge in [0.05, 0.1) is 12.8 Å². The molecule has 0 radical (unpaired) electrons. The van der Waals surface area contributed by atoms with Crippen molar-refractivity contribution in [2.75, 3.05) is 25.5 Å². The number of rotatable bonds is 3. The number of hydrogen-bond donors (Lipinski definition) is 2. The lowest BCUT2D eigenvalue weighted by atomic mass is 10.0. The predicted molar refractivity (Wildman–Crippen MR) is 102 cm³/mol. The zero-order valence-corrected chi connectivity index (χ0v) is 16.2. The number of aromatic nitrogens is 2. The highest BCUT2D eigenvalue weighted by atomic mass is 16.6. The minimum atomic E-state index is -0.530. The minimum absolute atomic E-state index is 0.00447. The van der Waals surface area contributed by atoms with Gasteiger partial charge >= 0.3 is 12.1 Å². The van der Waals surface area contributed by atoms with Gasteiger partial charge in [-0.3, -0.25) is 0 Å². The fourth-order valence-corrected chi connectivity index (χ4v) is 3.22. The molecule has 0 aliphatic carbocycles. The number of anilines is 1. The molecule has 1 aliphatic heterocycles. The average Bonchev–Trinajstić information content (AvgIpc) is 3.09. The molecule has 0 aromatic carbocycles. The number of nitrogens with zero attached hydrogens (tertiary/aromatic N) is 2. The molecule has 0 saturated carbocycles. The molecule has 1 atom stereocenters. The summed E-state index contributed by atoms with van der Waals surface area (Å²) >= 11 is 0. The van der Waals surface area contributed by atoms with E-state index in [1.165, 1.54) is 13.3 Å². The molecule has 1 aliphatic rings. The number of piperidine rings is 1. The van der Waals surface area contributed by atoms with Crippen LogP contribution < -0.4 is 5.32 Å². The molecular weight excluding hydrogens is 348 g/mol. The van der Waals surface area contributed by atoms with Crippen molar-refractivity contribution in [3.63, 3.8) is 0 Å². The molecule has 8 nitrogen and oxygen atoms in total. The number of ether oxygens (including phenoxy) is 2. The van der Waals surface area contributed by atoms with Gasteiger partial charge in [0.1, 0.15) is 16.8 Å². The molecule has 146 valence electrons. The van der Waals surface area contributed by atoms with Crippen LogP contribution in [0.1, 0.15) is 44.0 Å². The average molecular weight is 374 g/mol. The first kappa shape index (κ1) is 19.0. The Kier molecular flexibility index (Phi) is 5.25. The third-order valence-corrected chi connectivity index (χ3v) is 4.41. The van der Waals surface area contributed by atoms with Gasteiger partial charge in [-0.05, 0) is 39.7 Å². The zero-order valence-electron chi connectivity index (χ0n) is 16.2. The summed E-state index contributed by atoms with van der Waals surface area (Å²) in [4.78, 5) is 33.6. The Morgan fingerprint density at radius 2 is 2.15 bits per heavy atom. The van der Waals surface area contributed by atoms with Crippen LogP contribution in [-0.2, 0) is 9.47 Å². The van der Waals surface area contributed by atoms with Gasteiger partial charge in [-0.1, -0.05) is 0 Å². The highest BCUT2D eigenvalue weighted by Gasteiger charge is 2.29. The maximum absolute atomic E-state index is 12.4. The maximum Gasteiger partial charge on any atom is 0.410 e. The van der Waals surface area contributed by atoms with Gasteiger partial charge in [0.25, 0.3) is 0 Å². The summed E-state index contributed by atoms with van der Waals surface area (Å²) in [7, 11) is 1.35. The van der Waals surface area contributed by atoms with Gasteiger partial charge < -0.3 is 24.7 Å². The van der Waals surface area contributed by atoms with Crippen LogP contribution in [0.25, 0.3) is 11.0 Å². The second-order valence-electron chi connectivity index (χ2n) is 7.69. The van der Waals surface area contributed by atoms with E-state index >= 15 is 0 Å². The van der Waals surface area contributed by atoms with Crippen molar-refractivity contribution < 1.29 is 19.1 Å². The van der Waals surface area contributed by atoms with Crippen molar-refractivity contribution in [1.29, 1.82) is 0 Å². The molecule has 0 unspecified atom stereocenters. The van der Waals surface area contributed by atoms with Gasteiger partial charge in [-0.15, -0.1) is 0 Å². The Labute approximate surface area is 158 Å². The van der Waals surface area contributed by atoms with Gasteiger partial charge in [-0.2, -0.15) is 0 Å². The van der Waals surface area contributed by atoms with Gasteiger partial charge in [0, 0.05) is 36.9 Å². The number of aromatic amines is 1. The first-order chi connectivity index (χ1) is 12.8. The van der Waals surface area contributed by atoms with Crippen LogP contribution in [0.15, 0.2) is 18.5 Å². The Morgan fingerprint density at radius 3 is 2.85 bits per heavy atom. The number of amides is 1. The summed E-state index contributed by atoms with van der Waals surface area (Å²) in [5.41, 5.74) is 1.20. The number of methoxy groups -OCH3 is 1. The molecule has 1 amide bonds. The zero-order chi connectivity index (χ0) is 19.6. The van der Waals surface area contributed by atoms with E-state index in [0.29, 0.717) is 30.0 Å². The van der Waals surface area contributed by atoms with Crippen molar-refractivity contribution in [2.45, 2.75) is 45.3 Å². The monoisotopic (exact) mass is 374 g/mol. The standard InChI is InChI=1S/C19H26N4O4/c1-19(2,3)27-18(25)23-9-5-6-12(11-23)22-15-13-7-8-20-16(13)21-10-14(15)17(24)26-4/h7-8,10,12H,5-6,9,11H2,1-4H3,(H2,20,21,22)/t12-/m0/s1. The van der Waals surface area contributed by atoms with Gasteiger partial charge in [-0.25, -0.2) is 14.6 Å². The minimum Gasteiger partial charge on any atom is -0.465 e. The van der Waals surface area contributed by atoms with E-state index in [1.807, 2.05) is 26.8 Å². The molecule has 3 rings (SSSR count). The molecule has 8 heteroatoms. The third kappa shape index (κ3) is 4.32. The van der Waals surface area contributed by atoms with Crippen molar-refractivity contribution in [3.05, 3.63) is 24.0 Å². The Hall–Kier alpha value is -2.77. The van der Waals surface area contributed by atoms with Crippen molar-refractivity contribution in [3.8, 4) is 0 Å². The highest BCUT2D eigenvalue weighted by molar-refractivity contribution is 6.04. The molecule has 27 heavy (non-hydrogen) atoms. The molecule has 3 heterocycles. The largest absolute Gasteiger partial charge is 0.465 e. The molecule has 2 aromatic rings. The number of nitrogens with one attached hydrogen (secondary N) is 2. The molecule has 1 fully saturated rings. The van der Waals surface area contributed by atoms with E-state index in [4.69, 9.17) is 9.47 Å². The Balaban J connectivity index is 1.81. The highest BCUT2D eigenvalue weighted by Crippen LogP contribution is 2.28.